The van der Waals surface area contributed by atoms with Crippen LogP contribution in [0.5, 0.6) is 0 Å². The van der Waals surface area contributed by atoms with Gasteiger partial charge in [0.2, 0.25) is 0 Å². The molecule has 1 aromatic carbocycles. The van der Waals surface area contributed by atoms with Crippen LogP contribution in [-0.4, -0.2) is 55.0 Å². The number of ether oxygens (including phenoxy) is 2. The van der Waals surface area contributed by atoms with Gasteiger partial charge in [-0.2, -0.15) is 0 Å². The van der Waals surface area contributed by atoms with Gasteiger partial charge < -0.3 is 24.6 Å². The molecule has 3 saturated carbocycles. The highest BCUT2D eigenvalue weighted by molar-refractivity contribution is 9.10. The molecule has 4 aliphatic carbocycles. The summed E-state index contributed by atoms with van der Waals surface area (Å²) >= 11 is 3.87. The Hall–Kier alpha value is -0.920. The highest BCUT2D eigenvalue weighted by Crippen LogP contribution is 2.68. The Labute approximate surface area is 237 Å². The number of allylic oxidation sites excluding steroid dienone is 1. The third-order valence-electron chi connectivity index (χ3n) is 11.3. The minimum Gasteiger partial charge on any atom is -0.393 e. The molecule has 0 amide bonds. The molecule has 1 heterocycles. The molecule has 6 atom stereocenters. The minimum absolute atomic E-state index is 0.00277. The molecular weight excluding hydrogens is 542 g/mol. The van der Waals surface area contributed by atoms with Crippen molar-refractivity contribution in [3.63, 3.8) is 0 Å². The Kier molecular flexibility index (Phi) is 6.49. The van der Waals surface area contributed by atoms with Gasteiger partial charge in [0, 0.05) is 53.3 Å². The second kappa shape index (κ2) is 9.04. The summed E-state index contributed by atoms with van der Waals surface area (Å²) in [4.78, 5) is 2.15. The normalized spacial score (nSPS) is 41.2. The summed E-state index contributed by atoms with van der Waals surface area (Å²) in [5, 5.41) is 23.8. The first-order chi connectivity index (χ1) is 17.8. The van der Waals surface area contributed by atoms with Crippen LogP contribution in [0.2, 0.25) is 0 Å². The smallest absolute Gasteiger partial charge is 0.171 e. The molecule has 6 heteroatoms. The van der Waals surface area contributed by atoms with E-state index in [1.807, 2.05) is 0 Å². The standard InChI is InChI=1S/C32H46BrNO4/c1-28(2)19-37-32(38-20-28)15-14-30(17-21-16-22(34(4)5)6-8-26(21)33)25-11-12-29(3)24(7-9-27(29)35)23(25)10-13-31(30,36)18-32/h6,8,11,16,23-24,27,35-36H,7,9-10,12-15,17-20H2,1-5H3/t23-,24-,27-,29-,30-,31+/m0/s1. The number of rotatable bonds is 3. The van der Waals surface area contributed by atoms with Gasteiger partial charge in [0.15, 0.2) is 5.79 Å². The molecule has 1 aliphatic heterocycles. The van der Waals surface area contributed by atoms with Crippen molar-refractivity contribution in [3.8, 4) is 0 Å². The van der Waals surface area contributed by atoms with E-state index in [1.165, 1.54) is 16.8 Å². The van der Waals surface area contributed by atoms with Crippen molar-refractivity contribution < 1.29 is 19.7 Å². The predicted octanol–water partition coefficient (Wildman–Crippen LogP) is 6.25. The van der Waals surface area contributed by atoms with Gasteiger partial charge in [-0.1, -0.05) is 48.4 Å². The molecule has 5 aliphatic rings. The van der Waals surface area contributed by atoms with E-state index < -0.39 is 11.4 Å². The van der Waals surface area contributed by atoms with Crippen LogP contribution in [0.15, 0.2) is 34.3 Å². The van der Waals surface area contributed by atoms with E-state index >= 15 is 0 Å². The van der Waals surface area contributed by atoms with Crippen molar-refractivity contribution in [3.05, 3.63) is 39.9 Å². The highest BCUT2D eigenvalue weighted by atomic mass is 79.9. The first-order valence-corrected chi connectivity index (χ1v) is 15.5. The predicted molar refractivity (Wildman–Crippen MR) is 154 cm³/mol. The third kappa shape index (κ3) is 4.07. The summed E-state index contributed by atoms with van der Waals surface area (Å²) in [7, 11) is 4.16. The van der Waals surface area contributed by atoms with Crippen LogP contribution >= 0.6 is 15.9 Å². The van der Waals surface area contributed by atoms with Gasteiger partial charge in [-0.25, -0.2) is 0 Å². The van der Waals surface area contributed by atoms with Crippen molar-refractivity contribution in [2.75, 3.05) is 32.2 Å². The Bertz CT molecular complexity index is 1120. The van der Waals surface area contributed by atoms with Crippen LogP contribution < -0.4 is 4.90 Å². The highest BCUT2D eigenvalue weighted by Gasteiger charge is 2.66. The van der Waals surface area contributed by atoms with Crippen LogP contribution in [0, 0.1) is 28.1 Å². The third-order valence-corrected chi connectivity index (χ3v) is 12.1. The van der Waals surface area contributed by atoms with E-state index in [1.54, 1.807) is 0 Å². The summed E-state index contributed by atoms with van der Waals surface area (Å²) in [5.41, 5.74) is 2.55. The lowest BCUT2D eigenvalue weighted by molar-refractivity contribution is -0.343. The molecule has 1 spiro atoms. The molecule has 4 fully saturated rings. The largest absolute Gasteiger partial charge is 0.393 e. The van der Waals surface area contributed by atoms with E-state index in [-0.39, 0.29) is 22.3 Å². The quantitative estimate of drug-likeness (QED) is 0.409. The van der Waals surface area contributed by atoms with Crippen LogP contribution in [-0.2, 0) is 15.9 Å². The van der Waals surface area contributed by atoms with Crippen molar-refractivity contribution >= 4 is 21.6 Å². The topological polar surface area (TPSA) is 62.2 Å². The first-order valence-electron chi connectivity index (χ1n) is 14.7. The monoisotopic (exact) mass is 587 g/mol. The zero-order chi connectivity index (χ0) is 27.1. The van der Waals surface area contributed by atoms with Crippen molar-refractivity contribution in [2.45, 2.75) is 96.1 Å². The Balaban J connectivity index is 1.43. The lowest BCUT2D eigenvalue weighted by Gasteiger charge is -2.64. The van der Waals surface area contributed by atoms with Gasteiger partial charge in [-0.05, 0) is 80.5 Å². The van der Waals surface area contributed by atoms with Crippen molar-refractivity contribution in [2.24, 2.45) is 28.1 Å². The van der Waals surface area contributed by atoms with E-state index in [4.69, 9.17) is 9.47 Å². The Morgan fingerprint density at radius 3 is 2.47 bits per heavy atom. The summed E-state index contributed by atoms with van der Waals surface area (Å²) < 4.78 is 14.1. The molecule has 210 valence electrons. The van der Waals surface area contributed by atoms with Gasteiger partial charge in [0.1, 0.15) is 0 Å². The number of halogens is 1. The molecule has 5 nitrogen and oxygen atoms in total. The second-order valence-corrected chi connectivity index (χ2v) is 15.4. The first kappa shape index (κ1) is 27.3. The molecule has 1 aromatic rings. The van der Waals surface area contributed by atoms with E-state index in [9.17, 15) is 10.2 Å². The lowest BCUT2D eigenvalue weighted by Crippen LogP contribution is -2.66. The fourth-order valence-corrected chi connectivity index (χ4v) is 9.30. The number of benzene rings is 1. The molecule has 1 saturated heterocycles. The maximum Gasteiger partial charge on any atom is 0.171 e. The van der Waals surface area contributed by atoms with Gasteiger partial charge >= 0.3 is 0 Å². The molecular formula is C32H46BrNO4. The SMILES string of the molecule is CN(C)c1ccc(Br)c(C[C@]23CCC4(C[C@]2(O)CC[C@@H]2C3=CC[C@]3(C)[C@@H](O)CC[C@@H]23)OCC(C)(C)CO4)c1. The van der Waals surface area contributed by atoms with E-state index in [0.717, 1.165) is 55.8 Å². The molecule has 6 rings (SSSR count). The average molecular weight is 589 g/mol. The zero-order valence-electron chi connectivity index (χ0n) is 23.9. The van der Waals surface area contributed by atoms with Gasteiger partial charge in [0.05, 0.1) is 24.9 Å². The van der Waals surface area contributed by atoms with E-state index in [2.05, 4.69) is 80.0 Å². The Morgan fingerprint density at radius 2 is 1.76 bits per heavy atom. The number of anilines is 1. The number of nitrogens with zero attached hydrogens (tertiary/aromatic N) is 1. The van der Waals surface area contributed by atoms with E-state index in [0.29, 0.717) is 31.5 Å². The summed E-state index contributed by atoms with van der Waals surface area (Å²) in [6.45, 7) is 7.99. The molecule has 2 N–H and O–H groups in total. The molecule has 0 bridgehead atoms. The summed E-state index contributed by atoms with van der Waals surface area (Å²) in [5.74, 6) is 0.203. The average Bonchev–Trinajstić information content (AvgIpc) is 3.17. The number of fused-ring (bicyclic) bond motifs is 5. The number of hydrogen-bond donors (Lipinski definition) is 2. The minimum atomic E-state index is -0.909. The van der Waals surface area contributed by atoms with Gasteiger partial charge in [-0.3, -0.25) is 0 Å². The molecule has 0 radical (unpaired) electrons. The molecule has 0 unspecified atom stereocenters. The number of hydrogen-bond acceptors (Lipinski definition) is 5. The molecule has 0 aromatic heterocycles. The van der Waals surface area contributed by atoms with Crippen LogP contribution in [0.4, 0.5) is 5.69 Å². The Morgan fingerprint density at radius 1 is 1.03 bits per heavy atom. The fraction of sp³-hybridized carbons (Fsp3) is 0.750. The summed E-state index contributed by atoms with van der Waals surface area (Å²) in [6, 6.07) is 6.59. The van der Waals surface area contributed by atoms with Gasteiger partial charge in [-0.15, -0.1) is 0 Å². The van der Waals surface area contributed by atoms with Crippen molar-refractivity contribution in [1.29, 1.82) is 0 Å². The van der Waals surface area contributed by atoms with Crippen molar-refractivity contribution in [1.82, 2.24) is 0 Å². The lowest BCUT2D eigenvalue weighted by atomic mass is 9.45. The zero-order valence-corrected chi connectivity index (χ0v) is 25.4. The maximum absolute atomic E-state index is 12.8. The number of aliphatic hydroxyl groups is 2. The number of aliphatic hydroxyl groups excluding tert-OH is 1. The van der Waals surface area contributed by atoms with Crippen LogP contribution in [0.1, 0.15) is 77.7 Å². The van der Waals surface area contributed by atoms with Gasteiger partial charge in [0.25, 0.3) is 0 Å². The maximum atomic E-state index is 12.8. The molecule has 38 heavy (non-hydrogen) atoms. The fourth-order valence-electron chi connectivity index (χ4n) is 8.91. The van der Waals surface area contributed by atoms with Crippen LogP contribution in [0.3, 0.4) is 0 Å². The summed E-state index contributed by atoms with van der Waals surface area (Å²) in [6.07, 6.45) is 9.78. The second-order valence-electron chi connectivity index (χ2n) is 14.5. The van der Waals surface area contributed by atoms with Crippen LogP contribution in [0.25, 0.3) is 0 Å².